The number of hydrogen-bond acceptors (Lipinski definition) is 7. The van der Waals surface area contributed by atoms with Gasteiger partial charge in [0.2, 0.25) is 5.88 Å². The summed E-state index contributed by atoms with van der Waals surface area (Å²) in [6.45, 7) is 4.43. The van der Waals surface area contributed by atoms with Gasteiger partial charge in [-0.05, 0) is 6.92 Å². The number of halogens is 2. The number of anilines is 3. The van der Waals surface area contributed by atoms with Crippen LogP contribution in [0, 0.1) is 18.6 Å². The number of ether oxygens (including phenoxy) is 2. The van der Waals surface area contributed by atoms with E-state index in [1.807, 2.05) is 0 Å². The van der Waals surface area contributed by atoms with Gasteiger partial charge < -0.3 is 29.7 Å². The summed E-state index contributed by atoms with van der Waals surface area (Å²) in [5, 5.41) is 11.9. The summed E-state index contributed by atoms with van der Waals surface area (Å²) in [4.78, 5) is 22.4. The Labute approximate surface area is 184 Å². The van der Waals surface area contributed by atoms with Crippen LogP contribution in [0.3, 0.4) is 0 Å². The molecule has 2 fully saturated rings. The minimum atomic E-state index is -0.943. The fourth-order valence-corrected chi connectivity index (χ4v) is 3.81. The third-order valence-corrected chi connectivity index (χ3v) is 5.67. The number of piperidine rings is 1. The zero-order valence-electron chi connectivity index (χ0n) is 17.7. The van der Waals surface area contributed by atoms with Crippen molar-refractivity contribution in [3.05, 3.63) is 35.7 Å². The smallest absolute Gasteiger partial charge is 0.407 e. The van der Waals surface area contributed by atoms with Gasteiger partial charge in [-0.25, -0.2) is 23.5 Å². The Morgan fingerprint density at radius 3 is 2.56 bits per heavy atom. The van der Waals surface area contributed by atoms with E-state index >= 15 is 0 Å². The average molecular weight is 449 g/mol. The quantitative estimate of drug-likeness (QED) is 0.718. The summed E-state index contributed by atoms with van der Waals surface area (Å²) < 4.78 is 40.7. The highest BCUT2D eigenvalue weighted by atomic mass is 19.1. The van der Waals surface area contributed by atoms with Crippen molar-refractivity contribution in [2.75, 3.05) is 49.6 Å². The van der Waals surface area contributed by atoms with E-state index in [-0.39, 0.29) is 17.5 Å². The van der Waals surface area contributed by atoms with Crippen molar-refractivity contribution in [1.29, 1.82) is 0 Å². The molecule has 2 saturated heterocycles. The molecule has 0 bridgehead atoms. The molecule has 0 saturated carbocycles. The molecule has 11 heteroatoms. The SMILES string of the molecule is Cc1c(Nc2cc(F)c(N3CCOCC3)cc2F)ncnc1OC1CCN(C(=O)O)CC1. The Bertz CT molecular complexity index is 979. The van der Waals surface area contributed by atoms with Gasteiger partial charge in [0, 0.05) is 51.2 Å². The van der Waals surface area contributed by atoms with Crippen LogP contribution in [0.4, 0.5) is 30.8 Å². The van der Waals surface area contributed by atoms with Crippen LogP contribution in [0.1, 0.15) is 18.4 Å². The number of carbonyl (C=O) groups is 1. The number of morpholine rings is 1. The molecule has 0 spiro atoms. The lowest BCUT2D eigenvalue weighted by molar-refractivity contribution is 0.0866. The number of benzene rings is 1. The van der Waals surface area contributed by atoms with Crippen LogP contribution in [0.15, 0.2) is 18.5 Å². The molecule has 2 aliphatic heterocycles. The molecule has 0 radical (unpaired) electrons. The van der Waals surface area contributed by atoms with Gasteiger partial charge in [0.05, 0.1) is 30.2 Å². The summed E-state index contributed by atoms with van der Waals surface area (Å²) in [5.74, 6) is -0.518. The Morgan fingerprint density at radius 2 is 1.88 bits per heavy atom. The molecule has 9 nitrogen and oxygen atoms in total. The maximum absolute atomic E-state index is 14.8. The number of aromatic nitrogens is 2. The highest BCUT2D eigenvalue weighted by molar-refractivity contribution is 5.65. The molecule has 172 valence electrons. The highest BCUT2D eigenvalue weighted by Gasteiger charge is 2.25. The van der Waals surface area contributed by atoms with Gasteiger partial charge >= 0.3 is 6.09 Å². The first-order valence-corrected chi connectivity index (χ1v) is 10.5. The van der Waals surface area contributed by atoms with E-state index in [1.165, 1.54) is 17.3 Å². The Kier molecular flexibility index (Phi) is 6.54. The monoisotopic (exact) mass is 449 g/mol. The largest absolute Gasteiger partial charge is 0.474 e. The minimum Gasteiger partial charge on any atom is -0.474 e. The van der Waals surface area contributed by atoms with Crippen molar-refractivity contribution >= 4 is 23.3 Å². The number of hydrogen-bond donors (Lipinski definition) is 2. The van der Waals surface area contributed by atoms with E-state index in [9.17, 15) is 13.6 Å². The van der Waals surface area contributed by atoms with Crippen LogP contribution >= 0.6 is 0 Å². The van der Waals surface area contributed by atoms with E-state index in [0.29, 0.717) is 69.5 Å². The van der Waals surface area contributed by atoms with Crippen molar-refractivity contribution in [2.24, 2.45) is 0 Å². The standard InChI is InChI=1S/C21H25F2N5O4/c1-13-19(24-12-25-20(13)32-14-2-4-28(5-3-14)21(29)30)26-17-10-16(23)18(11-15(17)22)27-6-8-31-9-7-27/h10-12,14H,2-9H2,1H3,(H,29,30)(H,24,25,26). The summed E-state index contributed by atoms with van der Waals surface area (Å²) in [6.07, 6.45) is 1.24. The summed E-state index contributed by atoms with van der Waals surface area (Å²) in [7, 11) is 0. The third kappa shape index (κ3) is 4.82. The van der Waals surface area contributed by atoms with Gasteiger partial charge in [-0.15, -0.1) is 0 Å². The molecule has 32 heavy (non-hydrogen) atoms. The van der Waals surface area contributed by atoms with Crippen molar-refractivity contribution in [3.8, 4) is 5.88 Å². The third-order valence-electron chi connectivity index (χ3n) is 5.67. The molecule has 2 N–H and O–H groups in total. The second-order valence-corrected chi connectivity index (χ2v) is 7.75. The van der Waals surface area contributed by atoms with Crippen LogP contribution in [-0.2, 0) is 4.74 Å². The van der Waals surface area contributed by atoms with E-state index < -0.39 is 17.7 Å². The number of amides is 1. The Balaban J connectivity index is 1.47. The van der Waals surface area contributed by atoms with Gasteiger partial charge in [0.1, 0.15) is 29.9 Å². The van der Waals surface area contributed by atoms with Crippen LogP contribution in [0.25, 0.3) is 0 Å². The predicted molar refractivity (Wildman–Crippen MR) is 113 cm³/mol. The molecule has 0 unspecified atom stereocenters. The highest BCUT2D eigenvalue weighted by Crippen LogP contribution is 2.31. The van der Waals surface area contributed by atoms with Crippen LogP contribution in [0.2, 0.25) is 0 Å². The number of nitrogens with zero attached hydrogens (tertiary/aromatic N) is 4. The van der Waals surface area contributed by atoms with Crippen LogP contribution < -0.4 is 15.0 Å². The van der Waals surface area contributed by atoms with Gasteiger partial charge in [-0.3, -0.25) is 0 Å². The van der Waals surface area contributed by atoms with E-state index in [2.05, 4.69) is 15.3 Å². The fraction of sp³-hybridized carbons (Fsp3) is 0.476. The number of likely N-dealkylation sites (tertiary alicyclic amines) is 1. The second-order valence-electron chi connectivity index (χ2n) is 7.75. The van der Waals surface area contributed by atoms with E-state index in [4.69, 9.17) is 14.6 Å². The molecule has 0 atom stereocenters. The van der Waals surface area contributed by atoms with Crippen molar-refractivity contribution < 1.29 is 28.2 Å². The molecule has 1 aromatic carbocycles. The Hall–Kier alpha value is -3.21. The molecule has 1 aromatic heterocycles. The first kappa shape index (κ1) is 22.0. The number of rotatable bonds is 5. The maximum Gasteiger partial charge on any atom is 0.407 e. The molecule has 1 amide bonds. The van der Waals surface area contributed by atoms with Crippen LogP contribution in [-0.4, -0.2) is 71.6 Å². The van der Waals surface area contributed by atoms with Crippen molar-refractivity contribution in [1.82, 2.24) is 14.9 Å². The topological polar surface area (TPSA) is 100 Å². The first-order chi connectivity index (χ1) is 15.4. The lowest BCUT2D eigenvalue weighted by atomic mass is 10.1. The number of carboxylic acid groups (broad SMARTS) is 1. The summed E-state index contributed by atoms with van der Waals surface area (Å²) in [5.41, 5.74) is 0.708. The fourth-order valence-electron chi connectivity index (χ4n) is 3.81. The second kappa shape index (κ2) is 9.51. The van der Waals surface area contributed by atoms with E-state index in [1.54, 1.807) is 11.8 Å². The van der Waals surface area contributed by atoms with Gasteiger partial charge in [-0.2, -0.15) is 0 Å². The molecular formula is C21H25F2N5O4. The van der Waals surface area contributed by atoms with E-state index in [0.717, 1.165) is 6.07 Å². The molecule has 2 aromatic rings. The normalized spacial score (nSPS) is 17.3. The molecule has 3 heterocycles. The van der Waals surface area contributed by atoms with Gasteiger partial charge in [-0.1, -0.05) is 0 Å². The van der Waals surface area contributed by atoms with Gasteiger partial charge in [0.25, 0.3) is 0 Å². The van der Waals surface area contributed by atoms with Gasteiger partial charge in [0.15, 0.2) is 0 Å². The summed E-state index contributed by atoms with van der Waals surface area (Å²) >= 11 is 0. The average Bonchev–Trinajstić information content (AvgIpc) is 2.79. The minimum absolute atomic E-state index is 0.0398. The lowest BCUT2D eigenvalue weighted by Crippen LogP contribution is -2.41. The Morgan fingerprint density at radius 1 is 1.16 bits per heavy atom. The zero-order valence-corrected chi connectivity index (χ0v) is 17.7. The molecule has 2 aliphatic rings. The molecular weight excluding hydrogens is 424 g/mol. The zero-order chi connectivity index (χ0) is 22.7. The van der Waals surface area contributed by atoms with Crippen molar-refractivity contribution in [3.63, 3.8) is 0 Å². The van der Waals surface area contributed by atoms with Crippen LogP contribution in [0.5, 0.6) is 5.88 Å². The lowest BCUT2D eigenvalue weighted by Gasteiger charge is -2.30. The first-order valence-electron chi connectivity index (χ1n) is 10.5. The predicted octanol–water partition coefficient (Wildman–Crippen LogP) is 3.16. The number of nitrogens with one attached hydrogen (secondary N) is 1. The maximum atomic E-state index is 14.8. The van der Waals surface area contributed by atoms with Crippen molar-refractivity contribution in [2.45, 2.75) is 25.9 Å². The molecule has 4 rings (SSSR count). The molecule has 0 aliphatic carbocycles. The summed E-state index contributed by atoms with van der Waals surface area (Å²) in [6, 6.07) is 2.29.